The topological polar surface area (TPSA) is 134 Å². The van der Waals surface area contributed by atoms with E-state index in [4.69, 9.17) is 26.8 Å². The van der Waals surface area contributed by atoms with Gasteiger partial charge in [0.2, 0.25) is 5.88 Å². The summed E-state index contributed by atoms with van der Waals surface area (Å²) in [5, 5.41) is 7.41. The van der Waals surface area contributed by atoms with Crippen molar-refractivity contribution in [3.8, 4) is 11.6 Å². The van der Waals surface area contributed by atoms with Gasteiger partial charge in [-0.1, -0.05) is 11.6 Å². The van der Waals surface area contributed by atoms with Gasteiger partial charge >= 0.3 is 0 Å². The molecule has 0 aliphatic heterocycles. The van der Waals surface area contributed by atoms with E-state index in [1.54, 1.807) is 24.4 Å². The van der Waals surface area contributed by atoms with Gasteiger partial charge in [-0.15, -0.1) is 0 Å². The van der Waals surface area contributed by atoms with Crippen molar-refractivity contribution in [2.45, 2.75) is 37.8 Å². The summed E-state index contributed by atoms with van der Waals surface area (Å²) in [5.41, 5.74) is 6.53. The molecule has 11 heteroatoms. The summed E-state index contributed by atoms with van der Waals surface area (Å²) >= 11 is 6.03. The number of fused-ring (bicyclic) bond motifs is 1. The standard InChI is InChI=1S/C21H21ClN6O4/c1-31-15-5-16(22)27-28-14(10-25-18(15)28)19(30)26-11-6-21(7-11)8-12(9-21)32-20-13(17(23)29)3-2-4-24-20/h2-5,10-12H,6-9H2,1H3,(H2,23,29)(H,26,30)/t11-,12-,21?. The summed E-state index contributed by atoms with van der Waals surface area (Å²) in [6.45, 7) is 0. The number of carbonyl (C=O) groups excluding carboxylic acids is 2. The molecule has 2 saturated carbocycles. The van der Waals surface area contributed by atoms with Crippen molar-refractivity contribution < 1.29 is 19.1 Å². The molecule has 0 unspecified atom stereocenters. The van der Waals surface area contributed by atoms with Gasteiger partial charge in [-0.25, -0.2) is 14.5 Å². The molecule has 5 rings (SSSR count). The molecule has 3 N–H and O–H groups in total. The SMILES string of the molecule is COc1cc(Cl)nn2c(C(=O)N[C@H]3CC4(C3)C[C@H](Oc3ncccc3C(N)=O)C4)cnc12. The first-order chi connectivity index (χ1) is 15.4. The van der Waals surface area contributed by atoms with Gasteiger partial charge in [-0.2, -0.15) is 5.10 Å². The molecule has 0 radical (unpaired) electrons. The Morgan fingerprint density at radius 2 is 2.06 bits per heavy atom. The van der Waals surface area contributed by atoms with Gasteiger partial charge in [0.1, 0.15) is 11.7 Å². The minimum atomic E-state index is -0.561. The fourth-order valence-corrected chi connectivity index (χ4v) is 4.89. The average molecular weight is 457 g/mol. The minimum absolute atomic E-state index is 0.0165. The molecule has 3 aromatic heterocycles. The summed E-state index contributed by atoms with van der Waals surface area (Å²) in [5.74, 6) is -0.104. The van der Waals surface area contributed by atoms with Crippen LogP contribution in [0.15, 0.2) is 30.6 Å². The van der Waals surface area contributed by atoms with Gasteiger partial charge in [-0.3, -0.25) is 9.59 Å². The maximum atomic E-state index is 12.8. The van der Waals surface area contributed by atoms with Gasteiger partial charge in [0.25, 0.3) is 11.8 Å². The van der Waals surface area contributed by atoms with Crippen molar-refractivity contribution in [2.75, 3.05) is 7.11 Å². The number of hydrogen-bond acceptors (Lipinski definition) is 7. The molecule has 3 aromatic rings. The van der Waals surface area contributed by atoms with E-state index in [1.807, 2.05) is 0 Å². The van der Waals surface area contributed by atoms with Crippen LogP contribution in [-0.4, -0.2) is 50.7 Å². The van der Waals surface area contributed by atoms with Crippen LogP contribution in [0.2, 0.25) is 5.15 Å². The van der Waals surface area contributed by atoms with E-state index < -0.39 is 5.91 Å². The molecule has 2 amide bonds. The fourth-order valence-electron chi connectivity index (χ4n) is 4.72. The molecule has 0 atom stereocenters. The number of halogens is 1. The first kappa shape index (κ1) is 20.5. The van der Waals surface area contributed by atoms with Crippen LogP contribution in [0.5, 0.6) is 11.6 Å². The van der Waals surface area contributed by atoms with E-state index in [0.717, 1.165) is 25.7 Å². The van der Waals surface area contributed by atoms with Crippen molar-refractivity contribution >= 4 is 29.1 Å². The third kappa shape index (κ3) is 3.50. The zero-order chi connectivity index (χ0) is 22.5. The van der Waals surface area contributed by atoms with Crippen LogP contribution in [0.25, 0.3) is 5.65 Å². The van der Waals surface area contributed by atoms with Crippen LogP contribution in [0.4, 0.5) is 0 Å². The van der Waals surface area contributed by atoms with Crippen LogP contribution in [0.3, 0.4) is 0 Å². The van der Waals surface area contributed by atoms with Gasteiger partial charge < -0.3 is 20.5 Å². The van der Waals surface area contributed by atoms with E-state index in [-0.39, 0.29) is 40.1 Å². The zero-order valence-corrected chi connectivity index (χ0v) is 18.0. The molecule has 0 bridgehead atoms. The molecule has 166 valence electrons. The Bertz CT molecular complexity index is 1210. The van der Waals surface area contributed by atoms with Crippen LogP contribution < -0.4 is 20.5 Å². The molecule has 32 heavy (non-hydrogen) atoms. The monoisotopic (exact) mass is 456 g/mol. The molecule has 3 heterocycles. The lowest BCUT2D eigenvalue weighted by molar-refractivity contribution is -0.0848. The Morgan fingerprint density at radius 3 is 2.78 bits per heavy atom. The smallest absolute Gasteiger partial charge is 0.271 e. The largest absolute Gasteiger partial charge is 0.493 e. The number of carbonyl (C=O) groups is 2. The lowest BCUT2D eigenvalue weighted by Crippen LogP contribution is -2.58. The number of amides is 2. The van der Waals surface area contributed by atoms with Gasteiger partial charge in [0.05, 0.1) is 13.3 Å². The second kappa shape index (κ2) is 7.63. The number of primary amides is 1. The number of rotatable bonds is 6. The van der Waals surface area contributed by atoms with Crippen LogP contribution >= 0.6 is 11.6 Å². The Balaban J connectivity index is 1.17. The number of aromatic nitrogens is 4. The highest BCUT2D eigenvalue weighted by Gasteiger charge is 2.54. The first-order valence-corrected chi connectivity index (χ1v) is 10.6. The highest BCUT2D eigenvalue weighted by molar-refractivity contribution is 6.29. The van der Waals surface area contributed by atoms with Crippen molar-refractivity contribution in [2.24, 2.45) is 11.1 Å². The minimum Gasteiger partial charge on any atom is -0.493 e. The maximum Gasteiger partial charge on any atom is 0.271 e. The number of ether oxygens (including phenoxy) is 2. The number of pyridine rings is 1. The third-order valence-corrected chi connectivity index (χ3v) is 6.37. The van der Waals surface area contributed by atoms with Crippen molar-refractivity contribution in [1.29, 1.82) is 0 Å². The van der Waals surface area contributed by atoms with Crippen LogP contribution in [0.1, 0.15) is 46.5 Å². The summed E-state index contributed by atoms with van der Waals surface area (Å²) in [6, 6.07) is 4.86. The molecular weight excluding hydrogens is 436 g/mol. The molecule has 0 aromatic carbocycles. The van der Waals surface area contributed by atoms with Crippen LogP contribution in [0, 0.1) is 5.41 Å². The van der Waals surface area contributed by atoms with E-state index in [2.05, 4.69) is 20.4 Å². The Morgan fingerprint density at radius 1 is 1.28 bits per heavy atom. The predicted molar refractivity (Wildman–Crippen MR) is 114 cm³/mol. The Kier molecular flexibility index (Phi) is 4.89. The molecule has 1 spiro atoms. The summed E-state index contributed by atoms with van der Waals surface area (Å²) in [6.07, 6.45) is 6.42. The zero-order valence-electron chi connectivity index (χ0n) is 17.2. The molecular formula is C21H21ClN6O4. The summed E-state index contributed by atoms with van der Waals surface area (Å²) < 4.78 is 12.5. The average Bonchev–Trinajstić information content (AvgIpc) is 3.13. The van der Waals surface area contributed by atoms with E-state index in [1.165, 1.54) is 17.8 Å². The van der Waals surface area contributed by atoms with Gasteiger partial charge in [0.15, 0.2) is 22.2 Å². The second-order valence-corrected chi connectivity index (χ2v) is 8.75. The lowest BCUT2D eigenvalue weighted by Gasteiger charge is -2.57. The first-order valence-electron chi connectivity index (χ1n) is 10.2. The highest BCUT2D eigenvalue weighted by Crippen LogP contribution is 2.56. The Hall–Kier alpha value is -3.40. The quantitative estimate of drug-likeness (QED) is 0.579. The van der Waals surface area contributed by atoms with Crippen LogP contribution in [-0.2, 0) is 0 Å². The second-order valence-electron chi connectivity index (χ2n) is 8.36. The van der Waals surface area contributed by atoms with Gasteiger partial charge in [-0.05, 0) is 43.2 Å². The van der Waals surface area contributed by atoms with E-state index in [9.17, 15) is 9.59 Å². The summed E-state index contributed by atoms with van der Waals surface area (Å²) in [7, 11) is 1.51. The number of nitrogens with two attached hydrogens (primary N) is 1. The molecule has 2 aliphatic rings. The molecule has 0 saturated heterocycles. The van der Waals surface area contributed by atoms with Crippen molar-refractivity contribution in [3.05, 3.63) is 47.0 Å². The van der Waals surface area contributed by atoms with Crippen molar-refractivity contribution in [1.82, 2.24) is 24.9 Å². The number of nitrogens with zero attached hydrogens (tertiary/aromatic N) is 4. The summed E-state index contributed by atoms with van der Waals surface area (Å²) in [4.78, 5) is 32.7. The molecule has 10 nitrogen and oxygen atoms in total. The van der Waals surface area contributed by atoms with Crippen molar-refractivity contribution in [3.63, 3.8) is 0 Å². The van der Waals surface area contributed by atoms with Gasteiger partial charge in [0, 0.05) is 18.3 Å². The third-order valence-electron chi connectivity index (χ3n) is 6.19. The fraction of sp³-hybridized carbons (Fsp3) is 0.381. The molecule has 2 fully saturated rings. The predicted octanol–water partition coefficient (Wildman–Crippen LogP) is 2.01. The number of hydrogen-bond donors (Lipinski definition) is 2. The van der Waals surface area contributed by atoms with E-state index in [0.29, 0.717) is 17.1 Å². The normalized spacial score (nSPS) is 23.9. The number of methoxy groups -OCH3 is 1. The Labute approximate surface area is 188 Å². The number of nitrogens with one attached hydrogen (secondary N) is 1. The maximum absolute atomic E-state index is 12.8. The van der Waals surface area contributed by atoms with E-state index >= 15 is 0 Å². The number of imidazole rings is 1. The lowest BCUT2D eigenvalue weighted by atomic mass is 9.53. The molecule has 2 aliphatic carbocycles. The highest BCUT2D eigenvalue weighted by atomic mass is 35.5.